The van der Waals surface area contributed by atoms with E-state index in [0.29, 0.717) is 6.54 Å². The summed E-state index contributed by atoms with van der Waals surface area (Å²) in [6, 6.07) is 17.0. The van der Waals surface area contributed by atoms with Crippen molar-refractivity contribution in [2.45, 2.75) is 19.4 Å². The van der Waals surface area contributed by atoms with E-state index in [1.54, 1.807) is 7.11 Å². The standard InChI is InChI=1S/C26H35N5O2/c1-3-27-26(28-13-12-21-18-29-24-7-5-4-6-23(21)24)30-19-25(31-14-16-33-17-15-31)20-8-10-22(32-2)11-9-20/h4-11,18,25,29H,3,12-17,19H2,1-2H3,(H2,27,28,30). The second-order valence-electron chi connectivity index (χ2n) is 8.19. The number of fused-ring (bicyclic) bond motifs is 1. The molecule has 1 aromatic heterocycles. The third-order valence-corrected chi connectivity index (χ3v) is 6.12. The average molecular weight is 450 g/mol. The highest BCUT2D eigenvalue weighted by molar-refractivity contribution is 5.83. The lowest BCUT2D eigenvalue weighted by Gasteiger charge is -2.34. The summed E-state index contributed by atoms with van der Waals surface area (Å²) in [6.07, 6.45) is 3.04. The van der Waals surface area contributed by atoms with Gasteiger partial charge in [0, 0.05) is 43.3 Å². The number of H-pyrrole nitrogens is 1. The molecule has 0 saturated carbocycles. The van der Waals surface area contributed by atoms with Gasteiger partial charge in [-0.1, -0.05) is 30.3 Å². The zero-order valence-corrected chi connectivity index (χ0v) is 19.6. The molecule has 1 atom stereocenters. The van der Waals surface area contributed by atoms with Gasteiger partial charge in [0.05, 0.1) is 32.9 Å². The van der Waals surface area contributed by atoms with E-state index >= 15 is 0 Å². The topological polar surface area (TPSA) is 73.9 Å². The molecular weight excluding hydrogens is 414 g/mol. The number of ether oxygens (including phenoxy) is 2. The number of morpholine rings is 1. The lowest BCUT2D eigenvalue weighted by Crippen LogP contribution is -2.42. The van der Waals surface area contributed by atoms with Crippen LogP contribution < -0.4 is 15.4 Å². The van der Waals surface area contributed by atoms with Gasteiger partial charge < -0.3 is 25.1 Å². The average Bonchev–Trinajstić information content (AvgIpc) is 3.28. The number of guanidine groups is 1. The summed E-state index contributed by atoms with van der Waals surface area (Å²) in [4.78, 5) is 10.8. The summed E-state index contributed by atoms with van der Waals surface area (Å²) in [7, 11) is 1.70. The van der Waals surface area contributed by atoms with Gasteiger partial charge >= 0.3 is 0 Å². The van der Waals surface area contributed by atoms with Crippen molar-refractivity contribution < 1.29 is 9.47 Å². The number of hydrogen-bond donors (Lipinski definition) is 3. The van der Waals surface area contributed by atoms with E-state index in [0.717, 1.165) is 57.5 Å². The Balaban J connectivity index is 1.43. The molecule has 7 nitrogen and oxygen atoms in total. The van der Waals surface area contributed by atoms with Gasteiger partial charge in [0.15, 0.2) is 5.96 Å². The molecule has 1 fully saturated rings. The molecule has 1 saturated heterocycles. The number of para-hydroxylation sites is 1. The van der Waals surface area contributed by atoms with E-state index in [1.165, 1.54) is 22.0 Å². The largest absolute Gasteiger partial charge is 0.497 e. The zero-order valence-electron chi connectivity index (χ0n) is 19.6. The number of hydrogen-bond acceptors (Lipinski definition) is 4. The Kier molecular flexibility index (Phi) is 8.22. The zero-order chi connectivity index (χ0) is 22.9. The fraction of sp³-hybridized carbons (Fsp3) is 0.423. The summed E-state index contributed by atoms with van der Waals surface area (Å²) in [5.41, 5.74) is 3.75. The van der Waals surface area contributed by atoms with Crippen LogP contribution in [0.1, 0.15) is 24.1 Å². The molecule has 0 aliphatic carbocycles. The van der Waals surface area contributed by atoms with Crippen molar-refractivity contribution in [1.82, 2.24) is 20.5 Å². The molecular formula is C26H35N5O2. The Morgan fingerprint density at radius 2 is 1.91 bits per heavy atom. The minimum Gasteiger partial charge on any atom is -0.497 e. The van der Waals surface area contributed by atoms with Gasteiger partial charge in [0.25, 0.3) is 0 Å². The molecule has 7 heteroatoms. The van der Waals surface area contributed by atoms with E-state index in [2.05, 4.69) is 70.0 Å². The van der Waals surface area contributed by atoms with E-state index in [-0.39, 0.29) is 6.04 Å². The molecule has 4 rings (SSSR count). The SMILES string of the molecule is CCNC(=NCC(c1ccc(OC)cc1)N1CCOCC1)NCCc1c[nH]c2ccccc12. The number of aromatic nitrogens is 1. The molecule has 0 amide bonds. The van der Waals surface area contributed by atoms with Crippen LogP contribution in [0.4, 0.5) is 0 Å². The molecule has 1 unspecified atom stereocenters. The third kappa shape index (κ3) is 6.06. The first-order chi connectivity index (χ1) is 16.3. The van der Waals surface area contributed by atoms with Crippen LogP contribution in [0.15, 0.2) is 59.7 Å². The molecule has 2 heterocycles. The predicted molar refractivity (Wildman–Crippen MR) is 134 cm³/mol. The molecule has 1 aliphatic heterocycles. The molecule has 1 aliphatic rings. The molecule has 2 aromatic carbocycles. The van der Waals surface area contributed by atoms with E-state index in [9.17, 15) is 0 Å². The summed E-state index contributed by atoms with van der Waals surface area (Å²) < 4.78 is 10.9. The predicted octanol–water partition coefficient (Wildman–Crippen LogP) is 3.35. The van der Waals surface area contributed by atoms with Gasteiger partial charge in [0.2, 0.25) is 0 Å². The van der Waals surface area contributed by atoms with Crippen LogP contribution in [0.3, 0.4) is 0 Å². The van der Waals surface area contributed by atoms with Gasteiger partial charge in [-0.05, 0) is 42.7 Å². The van der Waals surface area contributed by atoms with Gasteiger partial charge in [-0.3, -0.25) is 9.89 Å². The summed E-state index contributed by atoms with van der Waals surface area (Å²) in [5.74, 6) is 1.72. The second-order valence-corrected chi connectivity index (χ2v) is 8.19. The number of nitrogens with one attached hydrogen (secondary N) is 3. The second kappa shape index (κ2) is 11.7. The maximum atomic E-state index is 5.58. The Morgan fingerprint density at radius 1 is 1.12 bits per heavy atom. The molecule has 0 spiro atoms. The Hall–Kier alpha value is -3.03. The van der Waals surface area contributed by atoms with Crippen molar-refractivity contribution >= 4 is 16.9 Å². The quantitative estimate of drug-likeness (QED) is 0.345. The van der Waals surface area contributed by atoms with Crippen LogP contribution in [0, 0.1) is 0 Å². The summed E-state index contributed by atoms with van der Waals surface area (Å²) >= 11 is 0. The Morgan fingerprint density at radius 3 is 2.67 bits per heavy atom. The van der Waals surface area contributed by atoms with Gasteiger partial charge in [-0.25, -0.2) is 0 Å². The lowest BCUT2D eigenvalue weighted by atomic mass is 10.0. The summed E-state index contributed by atoms with van der Waals surface area (Å²) in [5, 5.41) is 8.19. The van der Waals surface area contributed by atoms with E-state index in [4.69, 9.17) is 14.5 Å². The third-order valence-electron chi connectivity index (χ3n) is 6.12. The van der Waals surface area contributed by atoms with Crippen molar-refractivity contribution in [3.05, 3.63) is 65.9 Å². The highest BCUT2D eigenvalue weighted by atomic mass is 16.5. The maximum absolute atomic E-state index is 5.58. The fourth-order valence-corrected chi connectivity index (χ4v) is 4.32. The first kappa shape index (κ1) is 23.1. The van der Waals surface area contributed by atoms with E-state index < -0.39 is 0 Å². The van der Waals surface area contributed by atoms with Gasteiger partial charge in [0.1, 0.15) is 5.75 Å². The molecule has 3 aromatic rings. The Labute approximate surface area is 196 Å². The summed E-state index contributed by atoms with van der Waals surface area (Å²) in [6.45, 7) is 7.77. The molecule has 0 bridgehead atoms. The highest BCUT2D eigenvalue weighted by Gasteiger charge is 2.22. The number of aromatic amines is 1. The van der Waals surface area contributed by atoms with Crippen molar-refractivity contribution in [3.8, 4) is 5.75 Å². The molecule has 33 heavy (non-hydrogen) atoms. The first-order valence-electron chi connectivity index (χ1n) is 11.8. The fourth-order valence-electron chi connectivity index (χ4n) is 4.32. The van der Waals surface area contributed by atoms with E-state index in [1.807, 2.05) is 12.1 Å². The van der Waals surface area contributed by atoms with Crippen LogP contribution in [0.5, 0.6) is 5.75 Å². The number of methoxy groups -OCH3 is 1. The molecule has 176 valence electrons. The maximum Gasteiger partial charge on any atom is 0.191 e. The van der Waals surface area contributed by atoms with Crippen molar-refractivity contribution in [2.24, 2.45) is 4.99 Å². The minimum atomic E-state index is 0.198. The van der Waals surface area contributed by atoms with Crippen molar-refractivity contribution in [2.75, 3.05) is 53.0 Å². The highest BCUT2D eigenvalue weighted by Crippen LogP contribution is 2.24. The number of benzene rings is 2. The van der Waals surface area contributed by atoms with Crippen LogP contribution in [-0.2, 0) is 11.2 Å². The van der Waals surface area contributed by atoms with Crippen molar-refractivity contribution in [3.63, 3.8) is 0 Å². The molecule has 3 N–H and O–H groups in total. The normalized spacial score (nSPS) is 16.0. The van der Waals surface area contributed by atoms with Gasteiger partial charge in [-0.15, -0.1) is 0 Å². The monoisotopic (exact) mass is 449 g/mol. The smallest absolute Gasteiger partial charge is 0.191 e. The number of nitrogens with zero attached hydrogens (tertiary/aromatic N) is 2. The lowest BCUT2D eigenvalue weighted by molar-refractivity contribution is 0.0179. The van der Waals surface area contributed by atoms with Crippen LogP contribution in [0.25, 0.3) is 10.9 Å². The van der Waals surface area contributed by atoms with Crippen LogP contribution >= 0.6 is 0 Å². The van der Waals surface area contributed by atoms with Crippen LogP contribution in [0.2, 0.25) is 0 Å². The number of aliphatic imine (C=N–C) groups is 1. The van der Waals surface area contributed by atoms with Crippen molar-refractivity contribution in [1.29, 1.82) is 0 Å². The van der Waals surface area contributed by atoms with Crippen LogP contribution in [-0.4, -0.2) is 68.9 Å². The first-order valence-corrected chi connectivity index (χ1v) is 11.8. The van der Waals surface area contributed by atoms with Gasteiger partial charge in [-0.2, -0.15) is 0 Å². The molecule has 0 radical (unpaired) electrons. The number of rotatable bonds is 9. The Bertz CT molecular complexity index is 1020. The minimum absolute atomic E-state index is 0.198.